The van der Waals surface area contributed by atoms with Crippen molar-refractivity contribution in [3.63, 3.8) is 0 Å². The van der Waals surface area contributed by atoms with Gasteiger partial charge in [0.15, 0.2) is 0 Å². The molecule has 180 valence electrons. The zero-order valence-corrected chi connectivity index (χ0v) is 21.3. The zero-order valence-electron chi connectivity index (χ0n) is 19.6. The topological polar surface area (TPSA) is 69.7 Å². The van der Waals surface area contributed by atoms with E-state index in [4.69, 9.17) is 8.71 Å². The Balaban J connectivity index is 2.18. The minimum atomic E-state index is -4.48. The van der Waals surface area contributed by atoms with E-state index >= 15 is 0 Å². The summed E-state index contributed by atoms with van der Waals surface area (Å²) in [6.07, 6.45) is -0.286. The first-order chi connectivity index (χ1) is 16.8. The molecule has 0 aliphatic heterocycles. The summed E-state index contributed by atoms with van der Waals surface area (Å²) in [6, 6.07) is 33.9. The van der Waals surface area contributed by atoms with Crippen molar-refractivity contribution in [2.24, 2.45) is 0 Å². The molecular weight excluding hydrogens is 479 g/mol. The summed E-state index contributed by atoms with van der Waals surface area (Å²) in [5.74, 6) is -0.571. The number of carbonyl (C=O) groups excluding carboxylic acids is 1. The summed E-state index contributed by atoms with van der Waals surface area (Å²) in [7, 11) is -3.05. The van der Waals surface area contributed by atoms with E-state index < -0.39 is 22.9 Å². The van der Waals surface area contributed by atoms with E-state index in [1.54, 1.807) is 12.1 Å². The molecular formula is C28H27O5PS. The van der Waals surface area contributed by atoms with Crippen LogP contribution in [0.2, 0.25) is 0 Å². The molecule has 0 saturated heterocycles. The van der Waals surface area contributed by atoms with Crippen LogP contribution >= 0.6 is 6.83 Å². The van der Waals surface area contributed by atoms with Crippen LogP contribution in [0.1, 0.15) is 5.56 Å². The van der Waals surface area contributed by atoms with Crippen molar-refractivity contribution < 1.29 is 21.9 Å². The van der Waals surface area contributed by atoms with E-state index in [2.05, 4.69) is 0 Å². The summed E-state index contributed by atoms with van der Waals surface area (Å²) in [5, 5.41) is 1.82. The molecule has 35 heavy (non-hydrogen) atoms. The number of hydrogen-bond donors (Lipinski definition) is 0. The molecule has 0 unspecified atom stereocenters. The van der Waals surface area contributed by atoms with Crippen LogP contribution in [0.5, 0.6) is 0 Å². The summed E-state index contributed by atoms with van der Waals surface area (Å²) in [5.41, 5.74) is 0.921. The van der Waals surface area contributed by atoms with Crippen molar-refractivity contribution in [2.75, 3.05) is 13.3 Å². The number of benzene rings is 4. The van der Waals surface area contributed by atoms with Crippen LogP contribution in [0.15, 0.2) is 120 Å². The van der Waals surface area contributed by atoms with Gasteiger partial charge in [0, 0.05) is 0 Å². The molecule has 4 rings (SSSR count). The van der Waals surface area contributed by atoms with E-state index in [0.29, 0.717) is 15.9 Å². The molecule has 0 amide bonds. The van der Waals surface area contributed by atoms with Crippen LogP contribution in [0, 0.1) is 6.92 Å². The molecule has 0 heterocycles. The molecule has 0 aromatic heterocycles. The number of hydrogen-bond acceptors (Lipinski definition) is 5. The van der Waals surface area contributed by atoms with Crippen molar-refractivity contribution in [1.82, 2.24) is 0 Å². The monoisotopic (exact) mass is 506 g/mol. The van der Waals surface area contributed by atoms with E-state index in [1.807, 2.05) is 97.9 Å². The molecule has 0 atom stereocenters. The Labute approximate surface area is 206 Å². The van der Waals surface area contributed by atoms with E-state index in [-0.39, 0.29) is 11.1 Å². The fourth-order valence-electron chi connectivity index (χ4n) is 4.38. The fourth-order valence-corrected chi connectivity index (χ4v) is 12.6. The van der Waals surface area contributed by atoms with Crippen molar-refractivity contribution >= 4 is 38.8 Å². The summed E-state index contributed by atoms with van der Waals surface area (Å²) >= 11 is 0. The quantitative estimate of drug-likeness (QED) is 0.263. The third-order valence-corrected chi connectivity index (χ3v) is 14.1. The van der Waals surface area contributed by atoms with E-state index in [1.165, 1.54) is 19.2 Å². The van der Waals surface area contributed by atoms with Gasteiger partial charge in [-0.1, -0.05) is 0 Å². The molecule has 0 fully saturated rings. The van der Waals surface area contributed by atoms with E-state index in [9.17, 15) is 13.2 Å². The third kappa shape index (κ3) is 4.41. The minimum absolute atomic E-state index is 0.0183. The number of rotatable bonds is 8. The molecule has 0 N–H and O–H groups in total. The van der Waals surface area contributed by atoms with Gasteiger partial charge < -0.3 is 0 Å². The van der Waals surface area contributed by atoms with Gasteiger partial charge in [-0.05, 0) is 0 Å². The van der Waals surface area contributed by atoms with Gasteiger partial charge >= 0.3 is 207 Å². The molecule has 0 aliphatic carbocycles. The SMILES string of the molecule is COC(=O)CP(OS(=O)(=O)c1ccc(C)cc1)(c1ccccc1)(c1ccccc1)c1ccccc1. The third-order valence-electron chi connectivity index (χ3n) is 6.14. The number of methoxy groups -OCH3 is 1. The van der Waals surface area contributed by atoms with Crippen molar-refractivity contribution in [1.29, 1.82) is 0 Å². The maximum absolute atomic E-state index is 14.0. The van der Waals surface area contributed by atoms with Crippen LogP contribution < -0.4 is 15.9 Å². The number of ether oxygens (including phenoxy) is 1. The molecule has 0 aliphatic rings. The Kier molecular flexibility index (Phi) is 6.91. The average Bonchev–Trinajstić information content (AvgIpc) is 2.90. The second-order valence-corrected chi connectivity index (χ2v) is 14.6. The second-order valence-electron chi connectivity index (χ2n) is 8.30. The Hall–Kier alpha value is -3.31. The Morgan fingerprint density at radius 1 is 0.686 bits per heavy atom. The average molecular weight is 507 g/mol. The van der Waals surface area contributed by atoms with Gasteiger partial charge in [-0.3, -0.25) is 0 Å². The van der Waals surface area contributed by atoms with Crippen LogP contribution in [0.4, 0.5) is 0 Å². The predicted octanol–water partition coefficient (Wildman–Crippen LogP) is 4.32. The van der Waals surface area contributed by atoms with Gasteiger partial charge in [-0.25, -0.2) is 0 Å². The van der Waals surface area contributed by atoms with Crippen LogP contribution in [-0.4, -0.2) is 27.7 Å². The first-order valence-electron chi connectivity index (χ1n) is 11.1. The molecule has 4 aromatic rings. The van der Waals surface area contributed by atoms with E-state index in [0.717, 1.165) is 5.56 Å². The number of aryl methyl sites for hydroxylation is 1. The number of esters is 1. The van der Waals surface area contributed by atoms with Crippen LogP contribution in [0.25, 0.3) is 0 Å². The standard InChI is InChI=1S/C28H27O5PS/c1-23-18-20-27(21-19-23)35(30,31)33-34(22-28(29)32-2,24-12-6-3-7-13-24,25-14-8-4-9-15-25)26-16-10-5-11-17-26/h3-21H,22H2,1-2H3. The van der Waals surface area contributed by atoms with Crippen molar-refractivity contribution in [3.8, 4) is 0 Å². The van der Waals surface area contributed by atoms with Crippen molar-refractivity contribution in [3.05, 3.63) is 121 Å². The molecule has 7 heteroatoms. The normalized spacial score (nSPS) is 12.9. The predicted molar refractivity (Wildman–Crippen MR) is 141 cm³/mol. The number of carbonyl (C=O) groups is 1. The maximum atomic E-state index is 14.0. The molecule has 0 bridgehead atoms. The molecule has 0 saturated carbocycles. The van der Waals surface area contributed by atoms with Gasteiger partial charge in [-0.2, -0.15) is 0 Å². The molecule has 0 spiro atoms. The summed E-state index contributed by atoms with van der Waals surface area (Å²) < 4.78 is 39.7. The Morgan fingerprint density at radius 3 is 1.46 bits per heavy atom. The Morgan fingerprint density at radius 2 is 1.09 bits per heavy atom. The van der Waals surface area contributed by atoms with Gasteiger partial charge in [0.05, 0.1) is 0 Å². The van der Waals surface area contributed by atoms with Crippen LogP contribution in [0.3, 0.4) is 0 Å². The first kappa shape index (κ1) is 24.8. The molecule has 5 nitrogen and oxygen atoms in total. The van der Waals surface area contributed by atoms with Gasteiger partial charge in [-0.15, -0.1) is 0 Å². The molecule has 0 radical (unpaired) electrons. The first-order valence-corrected chi connectivity index (χ1v) is 14.8. The molecule has 4 aromatic carbocycles. The summed E-state index contributed by atoms with van der Waals surface area (Å²) in [4.78, 5) is 13.2. The van der Waals surface area contributed by atoms with Crippen molar-refractivity contribution in [2.45, 2.75) is 11.8 Å². The fraction of sp³-hybridized carbons (Fsp3) is 0.107. The zero-order chi connectivity index (χ0) is 25.0. The second kappa shape index (κ2) is 9.74. The van der Waals surface area contributed by atoms with Crippen LogP contribution in [-0.2, 0) is 23.6 Å². The van der Waals surface area contributed by atoms with Gasteiger partial charge in [0.2, 0.25) is 0 Å². The summed E-state index contributed by atoms with van der Waals surface area (Å²) in [6.45, 7) is -2.60. The Bertz CT molecular complexity index is 1310. The van der Waals surface area contributed by atoms with Gasteiger partial charge in [0.25, 0.3) is 0 Å². The van der Waals surface area contributed by atoms with Gasteiger partial charge in [0.1, 0.15) is 0 Å².